The highest BCUT2D eigenvalue weighted by Crippen LogP contribution is 1.73. The van der Waals surface area contributed by atoms with Gasteiger partial charge in [-0.2, -0.15) is 5.10 Å². The number of aromatic nitrogens is 3. The van der Waals surface area contributed by atoms with Gasteiger partial charge in [-0.15, -0.1) is 0 Å². The SMILES string of the molecule is O=CCn1cncn1. The number of nitrogens with zero attached hydrogens (tertiary/aromatic N) is 3. The molecular formula is C4H5N3O. The van der Waals surface area contributed by atoms with E-state index in [1.807, 2.05) is 0 Å². The Morgan fingerprint density at radius 3 is 3.12 bits per heavy atom. The van der Waals surface area contributed by atoms with Crippen molar-refractivity contribution in [1.29, 1.82) is 0 Å². The van der Waals surface area contributed by atoms with Crippen molar-refractivity contribution >= 4 is 6.29 Å². The van der Waals surface area contributed by atoms with Crippen LogP contribution in [0.5, 0.6) is 0 Å². The van der Waals surface area contributed by atoms with Gasteiger partial charge in [-0.1, -0.05) is 0 Å². The molecule has 1 rings (SSSR count). The number of aldehydes is 1. The van der Waals surface area contributed by atoms with E-state index in [9.17, 15) is 4.79 Å². The summed E-state index contributed by atoms with van der Waals surface area (Å²) < 4.78 is 1.45. The van der Waals surface area contributed by atoms with E-state index in [1.54, 1.807) is 0 Å². The molecule has 0 spiro atoms. The van der Waals surface area contributed by atoms with E-state index in [1.165, 1.54) is 17.3 Å². The predicted octanol–water partition coefficient (Wildman–Crippen LogP) is -0.523. The molecule has 0 unspecified atom stereocenters. The van der Waals surface area contributed by atoms with E-state index < -0.39 is 0 Å². The highest BCUT2D eigenvalue weighted by molar-refractivity contribution is 5.48. The first-order chi connectivity index (χ1) is 3.93. The van der Waals surface area contributed by atoms with E-state index >= 15 is 0 Å². The van der Waals surface area contributed by atoms with Crippen LogP contribution in [0.1, 0.15) is 0 Å². The zero-order valence-corrected chi connectivity index (χ0v) is 4.19. The fraction of sp³-hybridized carbons (Fsp3) is 0.250. The van der Waals surface area contributed by atoms with Crippen molar-refractivity contribution < 1.29 is 4.79 Å². The van der Waals surface area contributed by atoms with Gasteiger partial charge in [0.05, 0.1) is 6.54 Å². The lowest BCUT2D eigenvalue weighted by Crippen LogP contribution is -1.97. The van der Waals surface area contributed by atoms with Gasteiger partial charge in [-0.3, -0.25) is 0 Å². The molecule has 0 aliphatic heterocycles. The maximum absolute atomic E-state index is 9.78. The second-order valence-electron chi connectivity index (χ2n) is 1.28. The van der Waals surface area contributed by atoms with Gasteiger partial charge in [0, 0.05) is 0 Å². The maximum atomic E-state index is 9.78. The molecule has 0 N–H and O–H groups in total. The minimum atomic E-state index is 0.292. The first kappa shape index (κ1) is 4.96. The zero-order chi connectivity index (χ0) is 5.82. The highest BCUT2D eigenvalue weighted by atomic mass is 16.1. The molecule has 1 aromatic rings. The lowest BCUT2D eigenvalue weighted by atomic mass is 10.7. The van der Waals surface area contributed by atoms with Crippen molar-refractivity contribution in [2.24, 2.45) is 0 Å². The Bertz CT molecular complexity index is 158. The summed E-state index contributed by atoms with van der Waals surface area (Å²) >= 11 is 0. The van der Waals surface area contributed by atoms with Gasteiger partial charge in [-0.25, -0.2) is 9.67 Å². The van der Waals surface area contributed by atoms with E-state index in [-0.39, 0.29) is 0 Å². The monoisotopic (exact) mass is 111 g/mol. The third-order valence-electron chi connectivity index (χ3n) is 0.728. The van der Waals surface area contributed by atoms with Crippen molar-refractivity contribution in [3.8, 4) is 0 Å². The normalized spacial score (nSPS) is 9.00. The zero-order valence-electron chi connectivity index (χ0n) is 4.19. The molecule has 1 aromatic heterocycles. The lowest BCUT2D eigenvalue weighted by Gasteiger charge is -1.85. The molecule has 0 saturated carbocycles. The molecule has 0 saturated heterocycles. The molecule has 0 radical (unpaired) electrons. The van der Waals surface area contributed by atoms with Gasteiger partial charge in [0.1, 0.15) is 18.9 Å². The second-order valence-corrected chi connectivity index (χ2v) is 1.28. The Labute approximate surface area is 46.1 Å². The molecule has 4 heteroatoms. The van der Waals surface area contributed by atoms with Gasteiger partial charge in [0.2, 0.25) is 0 Å². The predicted molar refractivity (Wildman–Crippen MR) is 26.1 cm³/mol. The molecule has 0 aliphatic carbocycles. The van der Waals surface area contributed by atoms with Crippen LogP contribution in [-0.4, -0.2) is 21.1 Å². The molecule has 0 atom stereocenters. The summed E-state index contributed by atoms with van der Waals surface area (Å²) in [7, 11) is 0. The smallest absolute Gasteiger partial charge is 0.141 e. The lowest BCUT2D eigenvalue weighted by molar-refractivity contribution is -0.108. The Morgan fingerprint density at radius 2 is 2.62 bits per heavy atom. The fourth-order valence-corrected chi connectivity index (χ4v) is 0.403. The molecule has 42 valence electrons. The average molecular weight is 111 g/mol. The molecule has 0 fully saturated rings. The van der Waals surface area contributed by atoms with Crippen LogP contribution in [-0.2, 0) is 11.3 Å². The van der Waals surface area contributed by atoms with Crippen LogP contribution >= 0.6 is 0 Å². The summed E-state index contributed by atoms with van der Waals surface area (Å²) in [6.07, 6.45) is 3.66. The summed E-state index contributed by atoms with van der Waals surface area (Å²) in [6, 6.07) is 0. The Kier molecular flexibility index (Phi) is 1.37. The van der Waals surface area contributed by atoms with Crippen LogP contribution < -0.4 is 0 Å². The minimum absolute atomic E-state index is 0.292. The van der Waals surface area contributed by atoms with Crippen LogP contribution in [0.4, 0.5) is 0 Å². The summed E-state index contributed by atoms with van der Waals surface area (Å²) in [5.74, 6) is 0. The second kappa shape index (κ2) is 2.20. The molecule has 8 heavy (non-hydrogen) atoms. The third kappa shape index (κ3) is 0.900. The molecule has 0 aliphatic rings. The Balaban J connectivity index is 2.62. The van der Waals surface area contributed by atoms with Gasteiger partial charge < -0.3 is 4.79 Å². The number of hydrogen-bond donors (Lipinski definition) is 0. The van der Waals surface area contributed by atoms with Gasteiger partial charge in [0.15, 0.2) is 0 Å². The Hall–Kier alpha value is -1.19. The van der Waals surface area contributed by atoms with Crippen LogP contribution in [0.3, 0.4) is 0 Å². The molecule has 0 bridgehead atoms. The van der Waals surface area contributed by atoms with Gasteiger partial charge in [-0.05, 0) is 0 Å². The molecule has 4 nitrogen and oxygen atoms in total. The van der Waals surface area contributed by atoms with Crippen molar-refractivity contribution in [1.82, 2.24) is 14.8 Å². The summed E-state index contributed by atoms with van der Waals surface area (Å²) in [4.78, 5) is 13.4. The number of carbonyl (C=O) groups excluding carboxylic acids is 1. The fourth-order valence-electron chi connectivity index (χ4n) is 0.403. The van der Waals surface area contributed by atoms with Crippen molar-refractivity contribution in [3.05, 3.63) is 12.7 Å². The van der Waals surface area contributed by atoms with E-state index in [2.05, 4.69) is 10.1 Å². The molecule has 0 amide bonds. The molecular weight excluding hydrogens is 106 g/mol. The largest absolute Gasteiger partial charge is 0.301 e. The summed E-state index contributed by atoms with van der Waals surface area (Å²) in [5, 5.41) is 3.68. The number of rotatable bonds is 2. The van der Waals surface area contributed by atoms with E-state index in [0.717, 1.165) is 6.29 Å². The Morgan fingerprint density at radius 1 is 1.75 bits per heavy atom. The van der Waals surface area contributed by atoms with Crippen LogP contribution in [0.25, 0.3) is 0 Å². The van der Waals surface area contributed by atoms with Crippen molar-refractivity contribution in [2.75, 3.05) is 0 Å². The van der Waals surface area contributed by atoms with E-state index in [0.29, 0.717) is 6.54 Å². The van der Waals surface area contributed by atoms with Crippen LogP contribution in [0.15, 0.2) is 12.7 Å². The summed E-state index contributed by atoms with van der Waals surface area (Å²) in [6.45, 7) is 0.292. The number of carbonyl (C=O) groups is 1. The number of hydrogen-bond acceptors (Lipinski definition) is 3. The van der Waals surface area contributed by atoms with Crippen molar-refractivity contribution in [2.45, 2.75) is 6.54 Å². The standard InChI is InChI=1S/C4H5N3O/c8-2-1-7-4-5-3-6-7/h2-4H,1H2. The topological polar surface area (TPSA) is 47.8 Å². The average Bonchev–Trinajstić information content (AvgIpc) is 2.19. The van der Waals surface area contributed by atoms with E-state index in [4.69, 9.17) is 0 Å². The minimum Gasteiger partial charge on any atom is -0.301 e. The van der Waals surface area contributed by atoms with Crippen molar-refractivity contribution in [3.63, 3.8) is 0 Å². The molecule has 0 aromatic carbocycles. The third-order valence-corrected chi connectivity index (χ3v) is 0.728. The first-order valence-electron chi connectivity index (χ1n) is 2.19. The quantitative estimate of drug-likeness (QED) is 0.482. The highest BCUT2D eigenvalue weighted by Gasteiger charge is 1.83. The van der Waals surface area contributed by atoms with Gasteiger partial charge >= 0.3 is 0 Å². The van der Waals surface area contributed by atoms with Gasteiger partial charge in [0.25, 0.3) is 0 Å². The first-order valence-corrected chi connectivity index (χ1v) is 2.19. The van der Waals surface area contributed by atoms with Crippen LogP contribution in [0.2, 0.25) is 0 Å². The molecule has 1 heterocycles. The summed E-state index contributed by atoms with van der Waals surface area (Å²) in [5.41, 5.74) is 0. The maximum Gasteiger partial charge on any atom is 0.141 e. The van der Waals surface area contributed by atoms with Crippen LogP contribution in [0, 0.1) is 0 Å².